The molecule has 7 nitrogen and oxygen atoms in total. The number of aromatic nitrogens is 2. The lowest BCUT2D eigenvalue weighted by Gasteiger charge is -2.09. The number of rotatable bonds is 6. The lowest BCUT2D eigenvalue weighted by Crippen LogP contribution is -2.12. The van der Waals surface area contributed by atoms with Crippen molar-refractivity contribution in [2.24, 2.45) is 0 Å². The molecule has 1 heterocycles. The molecule has 0 unspecified atom stereocenters. The van der Waals surface area contributed by atoms with Crippen molar-refractivity contribution in [1.29, 1.82) is 0 Å². The molecule has 0 aliphatic rings. The van der Waals surface area contributed by atoms with E-state index in [1.807, 2.05) is 0 Å². The molecule has 9 heteroatoms. The van der Waals surface area contributed by atoms with Gasteiger partial charge in [0.25, 0.3) is 10.0 Å². The number of sulfonamides is 1. The summed E-state index contributed by atoms with van der Waals surface area (Å²) in [5.74, 6) is -0.0444. The van der Waals surface area contributed by atoms with Crippen molar-refractivity contribution < 1.29 is 16.8 Å². The second kappa shape index (κ2) is 7.45. The van der Waals surface area contributed by atoms with Crippen LogP contribution in [0.3, 0.4) is 0 Å². The number of nitrogens with one attached hydrogen (secondary N) is 1. The highest BCUT2D eigenvalue weighted by Crippen LogP contribution is 2.22. The molecule has 0 aliphatic carbocycles. The summed E-state index contributed by atoms with van der Waals surface area (Å²) in [7, 11) is -7.06. The summed E-state index contributed by atoms with van der Waals surface area (Å²) in [4.78, 5) is 0.174. The van der Waals surface area contributed by atoms with Crippen LogP contribution < -0.4 is 4.72 Å². The molecular formula is C18H17N3O4S2. The normalized spacial score (nSPS) is 11.9. The molecule has 140 valence electrons. The molecule has 0 spiro atoms. The minimum Gasteiger partial charge on any atom is -0.280 e. The minimum atomic E-state index is -3.66. The van der Waals surface area contributed by atoms with Crippen LogP contribution in [-0.4, -0.2) is 32.8 Å². The highest BCUT2D eigenvalue weighted by Gasteiger charge is 2.15. The van der Waals surface area contributed by atoms with Gasteiger partial charge in [-0.3, -0.25) is 4.72 Å². The number of hydrogen-bond acceptors (Lipinski definition) is 6. The summed E-state index contributed by atoms with van der Waals surface area (Å²) in [6.45, 7) is 1.54. The highest BCUT2D eigenvalue weighted by molar-refractivity contribution is 7.92. The molecule has 1 N–H and O–H groups in total. The van der Waals surface area contributed by atoms with E-state index in [-0.39, 0.29) is 15.7 Å². The SMILES string of the molecule is CCS(=O)(=O)c1ccc(-c2ccc(NS(=O)(=O)c3ccccc3)cc2)nn1. The zero-order valence-electron chi connectivity index (χ0n) is 14.4. The van der Waals surface area contributed by atoms with Crippen LogP contribution in [0.1, 0.15) is 6.92 Å². The smallest absolute Gasteiger partial charge is 0.261 e. The predicted molar refractivity (Wildman–Crippen MR) is 102 cm³/mol. The second-order valence-electron chi connectivity index (χ2n) is 5.66. The van der Waals surface area contributed by atoms with Crippen LogP contribution in [0.5, 0.6) is 0 Å². The Bertz CT molecular complexity index is 1130. The van der Waals surface area contributed by atoms with Gasteiger partial charge in [-0.25, -0.2) is 16.8 Å². The molecular weight excluding hydrogens is 386 g/mol. The van der Waals surface area contributed by atoms with E-state index >= 15 is 0 Å². The third-order valence-electron chi connectivity index (χ3n) is 3.83. The Morgan fingerprint density at radius 3 is 2.04 bits per heavy atom. The predicted octanol–water partition coefficient (Wildman–Crippen LogP) is 2.74. The van der Waals surface area contributed by atoms with Gasteiger partial charge in [0.15, 0.2) is 14.9 Å². The van der Waals surface area contributed by atoms with Crippen molar-refractivity contribution in [1.82, 2.24) is 10.2 Å². The Kier molecular flexibility index (Phi) is 5.24. The summed E-state index contributed by atoms with van der Waals surface area (Å²) < 4.78 is 50.7. The monoisotopic (exact) mass is 403 g/mol. The van der Waals surface area contributed by atoms with Crippen molar-refractivity contribution in [3.8, 4) is 11.3 Å². The average molecular weight is 403 g/mol. The molecule has 2 aromatic carbocycles. The van der Waals surface area contributed by atoms with Crippen LogP contribution in [-0.2, 0) is 19.9 Å². The number of nitrogens with zero attached hydrogens (tertiary/aromatic N) is 2. The fourth-order valence-corrected chi connectivity index (χ4v) is 4.13. The maximum atomic E-state index is 12.3. The molecule has 0 aliphatic heterocycles. The van der Waals surface area contributed by atoms with Crippen LogP contribution in [0.2, 0.25) is 0 Å². The van der Waals surface area contributed by atoms with E-state index in [4.69, 9.17) is 0 Å². The highest BCUT2D eigenvalue weighted by atomic mass is 32.2. The Morgan fingerprint density at radius 1 is 0.815 bits per heavy atom. The Balaban J connectivity index is 1.80. The third-order valence-corrected chi connectivity index (χ3v) is 6.84. The lowest BCUT2D eigenvalue weighted by atomic mass is 10.1. The van der Waals surface area contributed by atoms with Crippen LogP contribution in [0, 0.1) is 0 Å². The standard InChI is InChI=1S/C18H17N3O4S2/c1-2-26(22,23)18-13-12-17(19-20-18)14-8-10-15(11-9-14)21-27(24,25)16-6-4-3-5-7-16/h3-13,21H,2H2,1H3. The van der Waals surface area contributed by atoms with E-state index in [0.717, 1.165) is 0 Å². The Hall–Kier alpha value is -2.78. The molecule has 0 saturated carbocycles. The lowest BCUT2D eigenvalue weighted by molar-refractivity contribution is 0.591. The Labute approximate surface area is 158 Å². The molecule has 0 bridgehead atoms. The van der Waals surface area contributed by atoms with E-state index in [1.165, 1.54) is 18.2 Å². The molecule has 1 aromatic heterocycles. The first kappa shape index (κ1) is 19.0. The van der Waals surface area contributed by atoms with E-state index in [1.54, 1.807) is 55.5 Å². The van der Waals surface area contributed by atoms with Crippen LogP contribution >= 0.6 is 0 Å². The molecule has 0 amide bonds. The maximum Gasteiger partial charge on any atom is 0.261 e. The largest absolute Gasteiger partial charge is 0.280 e. The number of anilines is 1. The van der Waals surface area contributed by atoms with Gasteiger partial charge in [-0.1, -0.05) is 37.3 Å². The topological polar surface area (TPSA) is 106 Å². The summed E-state index contributed by atoms with van der Waals surface area (Å²) in [6, 6.07) is 17.6. The van der Waals surface area contributed by atoms with Gasteiger partial charge in [-0.15, -0.1) is 10.2 Å². The van der Waals surface area contributed by atoms with Crippen LogP contribution in [0.25, 0.3) is 11.3 Å². The molecule has 0 saturated heterocycles. The van der Waals surface area contributed by atoms with E-state index in [0.29, 0.717) is 16.9 Å². The minimum absolute atomic E-state index is 0.0444. The van der Waals surface area contributed by atoms with E-state index in [9.17, 15) is 16.8 Å². The van der Waals surface area contributed by atoms with Gasteiger partial charge in [0.2, 0.25) is 0 Å². The first-order valence-electron chi connectivity index (χ1n) is 8.06. The van der Waals surface area contributed by atoms with Crippen molar-refractivity contribution in [2.45, 2.75) is 16.8 Å². The zero-order valence-corrected chi connectivity index (χ0v) is 16.0. The summed E-state index contributed by atoms with van der Waals surface area (Å²) >= 11 is 0. The summed E-state index contributed by atoms with van der Waals surface area (Å²) in [5, 5.41) is 7.65. The molecule has 27 heavy (non-hydrogen) atoms. The quantitative estimate of drug-likeness (QED) is 0.678. The van der Waals surface area contributed by atoms with Crippen molar-refractivity contribution in [3.05, 3.63) is 66.7 Å². The third kappa shape index (κ3) is 4.32. The van der Waals surface area contributed by atoms with E-state index in [2.05, 4.69) is 14.9 Å². The van der Waals surface area contributed by atoms with Gasteiger partial charge < -0.3 is 0 Å². The molecule has 0 fully saturated rings. The van der Waals surface area contributed by atoms with Gasteiger partial charge in [0.1, 0.15) is 0 Å². The molecule has 0 radical (unpaired) electrons. The first-order valence-corrected chi connectivity index (χ1v) is 11.2. The molecule has 3 rings (SSSR count). The van der Waals surface area contributed by atoms with Gasteiger partial charge in [-0.2, -0.15) is 0 Å². The van der Waals surface area contributed by atoms with Gasteiger partial charge in [0.05, 0.1) is 16.3 Å². The zero-order chi connectivity index (χ0) is 19.5. The van der Waals surface area contributed by atoms with Gasteiger partial charge >= 0.3 is 0 Å². The number of benzene rings is 2. The number of hydrogen-bond donors (Lipinski definition) is 1. The summed E-state index contributed by atoms with van der Waals surface area (Å²) in [5.41, 5.74) is 1.58. The van der Waals surface area contributed by atoms with Gasteiger partial charge in [0, 0.05) is 11.3 Å². The van der Waals surface area contributed by atoms with Crippen LogP contribution in [0.4, 0.5) is 5.69 Å². The average Bonchev–Trinajstić information content (AvgIpc) is 2.69. The van der Waals surface area contributed by atoms with Crippen LogP contribution in [0.15, 0.2) is 76.7 Å². The van der Waals surface area contributed by atoms with Crippen molar-refractivity contribution >= 4 is 25.5 Å². The molecule has 3 aromatic rings. The van der Waals surface area contributed by atoms with Crippen molar-refractivity contribution in [3.63, 3.8) is 0 Å². The summed E-state index contributed by atoms with van der Waals surface area (Å²) in [6.07, 6.45) is 0. The van der Waals surface area contributed by atoms with Gasteiger partial charge in [-0.05, 0) is 36.4 Å². The fourth-order valence-electron chi connectivity index (χ4n) is 2.31. The fraction of sp³-hybridized carbons (Fsp3) is 0.111. The first-order chi connectivity index (χ1) is 12.8. The number of sulfone groups is 1. The van der Waals surface area contributed by atoms with E-state index < -0.39 is 19.9 Å². The Morgan fingerprint density at radius 2 is 1.48 bits per heavy atom. The maximum absolute atomic E-state index is 12.3. The molecule has 0 atom stereocenters. The van der Waals surface area contributed by atoms with Crippen molar-refractivity contribution in [2.75, 3.05) is 10.5 Å². The second-order valence-corrected chi connectivity index (χ2v) is 9.56.